The highest BCUT2D eigenvalue weighted by atomic mass is 16.8. The molecule has 2 rings (SSSR count). The van der Waals surface area contributed by atoms with Crippen molar-refractivity contribution < 1.29 is 52.5 Å². The molecule has 1 heterocycles. The van der Waals surface area contributed by atoms with Crippen molar-refractivity contribution in [2.45, 2.75) is 52.5 Å². The smallest absolute Gasteiger partial charge is 0.322 e. The van der Waals surface area contributed by atoms with E-state index in [0.29, 0.717) is 11.8 Å². The summed E-state index contributed by atoms with van der Waals surface area (Å²) < 4.78 is 26.9. The summed E-state index contributed by atoms with van der Waals surface area (Å²) in [6.45, 7) is 4.08. The lowest BCUT2D eigenvalue weighted by atomic mass is 10.1. The number of ether oxygens (including phenoxy) is 5. The van der Waals surface area contributed by atoms with Crippen LogP contribution >= 0.6 is 0 Å². The summed E-state index contributed by atoms with van der Waals surface area (Å²) >= 11 is 0. The van der Waals surface area contributed by atoms with Gasteiger partial charge in [-0.1, -0.05) is 0 Å². The number of rotatable bonds is 8. The summed E-state index contributed by atoms with van der Waals surface area (Å²) in [6, 6.07) is 5.87. The standard InChI is InChI=1S/C20H23NO11/c1-11(23)27-10-17-18(28-12(2)24)19(29-13(3)25)21(32-14(4)26)20(31-17)30-16-7-5-15(9-22)6-8-16/h5-9,17-20H,10H2,1-4H3/t17?,18-,19?,20-/m1/s1. The summed E-state index contributed by atoms with van der Waals surface area (Å²) in [5.41, 5.74) is 0.388. The topological polar surface area (TPSA) is 144 Å². The van der Waals surface area contributed by atoms with E-state index in [1.54, 1.807) is 0 Å². The molecule has 12 nitrogen and oxygen atoms in total. The molecule has 32 heavy (non-hydrogen) atoms. The van der Waals surface area contributed by atoms with Crippen molar-refractivity contribution in [3.8, 4) is 5.75 Å². The van der Waals surface area contributed by atoms with E-state index in [1.807, 2.05) is 0 Å². The van der Waals surface area contributed by atoms with E-state index in [2.05, 4.69) is 0 Å². The van der Waals surface area contributed by atoms with Crippen molar-refractivity contribution in [3.63, 3.8) is 0 Å². The second-order valence-electron chi connectivity index (χ2n) is 6.61. The molecule has 12 heteroatoms. The lowest BCUT2D eigenvalue weighted by Gasteiger charge is -2.44. The van der Waals surface area contributed by atoms with Gasteiger partial charge in [-0.25, -0.2) is 0 Å². The van der Waals surface area contributed by atoms with Crippen LogP contribution < -0.4 is 4.74 Å². The van der Waals surface area contributed by atoms with Gasteiger partial charge < -0.3 is 28.5 Å². The second kappa shape index (κ2) is 11.2. The second-order valence-corrected chi connectivity index (χ2v) is 6.61. The van der Waals surface area contributed by atoms with Crippen LogP contribution in [0.2, 0.25) is 0 Å². The van der Waals surface area contributed by atoms with Crippen LogP contribution in [0.15, 0.2) is 24.3 Å². The van der Waals surface area contributed by atoms with Gasteiger partial charge in [0.15, 0.2) is 6.10 Å². The number of nitrogens with zero attached hydrogens (tertiary/aromatic N) is 1. The maximum absolute atomic E-state index is 11.8. The van der Waals surface area contributed by atoms with Gasteiger partial charge >= 0.3 is 23.9 Å². The molecule has 2 unspecified atom stereocenters. The Labute approximate surface area is 183 Å². The minimum absolute atomic E-state index is 0.205. The van der Waals surface area contributed by atoms with Gasteiger partial charge in [0, 0.05) is 33.3 Å². The van der Waals surface area contributed by atoms with Crippen LogP contribution in [0, 0.1) is 0 Å². The number of aldehydes is 1. The molecule has 0 saturated carbocycles. The average molecular weight is 453 g/mol. The fraction of sp³-hybridized carbons (Fsp3) is 0.450. The number of carbonyl (C=O) groups is 5. The molecule has 174 valence electrons. The largest absolute Gasteiger partial charge is 0.463 e. The Hall–Kier alpha value is -3.51. The highest BCUT2D eigenvalue weighted by Gasteiger charge is 2.52. The minimum Gasteiger partial charge on any atom is -0.463 e. The maximum atomic E-state index is 11.8. The zero-order chi connectivity index (χ0) is 23.8. The number of hydrogen-bond donors (Lipinski definition) is 0. The summed E-state index contributed by atoms with van der Waals surface area (Å²) in [5, 5.41) is 0.773. The van der Waals surface area contributed by atoms with E-state index in [0.717, 1.165) is 25.8 Å². The molecule has 1 fully saturated rings. The lowest BCUT2D eigenvalue weighted by Crippen LogP contribution is -2.65. The Morgan fingerprint density at radius 2 is 1.56 bits per heavy atom. The Morgan fingerprint density at radius 1 is 0.938 bits per heavy atom. The SMILES string of the molecule is CC(=O)OCC1O[C@@H](Oc2ccc(C=O)cc2)N(OC(C)=O)C(OC(C)=O)[C@@H]1OC(C)=O. The van der Waals surface area contributed by atoms with Crippen molar-refractivity contribution in [2.24, 2.45) is 0 Å². The number of esters is 3. The van der Waals surface area contributed by atoms with E-state index >= 15 is 0 Å². The molecule has 0 radical (unpaired) electrons. The van der Waals surface area contributed by atoms with E-state index < -0.39 is 48.7 Å². The van der Waals surface area contributed by atoms with Gasteiger partial charge in [0.05, 0.1) is 0 Å². The molecule has 1 aliphatic rings. The fourth-order valence-corrected chi connectivity index (χ4v) is 2.75. The number of benzene rings is 1. The Kier molecular flexibility index (Phi) is 8.67. The molecular weight excluding hydrogens is 430 g/mol. The third-order valence-electron chi connectivity index (χ3n) is 3.92. The molecule has 0 N–H and O–H groups in total. The fourth-order valence-electron chi connectivity index (χ4n) is 2.75. The first-order valence-corrected chi connectivity index (χ1v) is 9.42. The third-order valence-corrected chi connectivity index (χ3v) is 3.92. The monoisotopic (exact) mass is 453 g/mol. The van der Waals surface area contributed by atoms with Crippen LogP contribution in [0.4, 0.5) is 0 Å². The zero-order valence-electron chi connectivity index (χ0n) is 17.8. The van der Waals surface area contributed by atoms with Crippen LogP contribution in [-0.2, 0) is 43.0 Å². The first-order chi connectivity index (χ1) is 15.1. The normalized spacial score (nSPS) is 22.9. The van der Waals surface area contributed by atoms with Gasteiger partial charge in [-0.05, 0) is 29.3 Å². The van der Waals surface area contributed by atoms with E-state index in [4.69, 9.17) is 28.5 Å². The summed E-state index contributed by atoms with van der Waals surface area (Å²) in [4.78, 5) is 62.4. The van der Waals surface area contributed by atoms with Gasteiger partial charge in [-0.15, -0.1) is 0 Å². The first kappa shape index (κ1) is 24.8. The van der Waals surface area contributed by atoms with Gasteiger partial charge in [-0.3, -0.25) is 24.0 Å². The predicted octanol–water partition coefficient (Wildman–Crippen LogP) is 0.724. The molecule has 1 saturated heterocycles. The maximum Gasteiger partial charge on any atom is 0.322 e. The summed E-state index contributed by atoms with van der Waals surface area (Å²) in [7, 11) is 0. The third kappa shape index (κ3) is 7.03. The lowest BCUT2D eigenvalue weighted by molar-refractivity contribution is -0.402. The van der Waals surface area contributed by atoms with Crippen LogP contribution in [0.5, 0.6) is 5.75 Å². The molecule has 0 amide bonds. The highest BCUT2D eigenvalue weighted by Crippen LogP contribution is 2.29. The number of hydroxylamine groups is 2. The first-order valence-electron chi connectivity index (χ1n) is 9.42. The minimum atomic E-state index is -1.50. The molecule has 0 aromatic heterocycles. The molecule has 1 aromatic rings. The van der Waals surface area contributed by atoms with Crippen molar-refractivity contribution in [1.29, 1.82) is 0 Å². The highest BCUT2D eigenvalue weighted by molar-refractivity contribution is 5.74. The van der Waals surface area contributed by atoms with Gasteiger partial charge in [0.1, 0.15) is 24.7 Å². The molecule has 0 bridgehead atoms. The van der Waals surface area contributed by atoms with Crippen LogP contribution in [-0.4, -0.2) is 66.7 Å². The average Bonchev–Trinajstić information content (AvgIpc) is 2.70. The molecule has 0 aliphatic carbocycles. The van der Waals surface area contributed by atoms with E-state index in [9.17, 15) is 24.0 Å². The molecular formula is C20H23NO11. The quantitative estimate of drug-likeness (QED) is 0.311. The Balaban J connectivity index is 2.43. The van der Waals surface area contributed by atoms with Gasteiger partial charge in [0.25, 0.3) is 6.41 Å². The van der Waals surface area contributed by atoms with Crippen molar-refractivity contribution in [2.75, 3.05) is 6.61 Å². The summed E-state index contributed by atoms with van der Waals surface area (Å²) in [5.74, 6) is -2.78. The predicted molar refractivity (Wildman–Crippen MR) is 102 cm³/mol. The molecule has 0 spiro atoms. The van der Waals surface area contributed by atoms with Crippen LogP contribution in [0.3, 0.4) is 0 Å². The zero-order valence-corrected chi connectivity index (χ0v) is 17.8. The van der Waals surface area contributed by atoms with Crippen LogP contribution in [0.1, 0.15) is 38.1 Å². The van der Waals surface area contributed by atoms with Gasteiger partial charge in [0.2, 0.25) is 6.23 Å². The Bertz CT molecular complexity index is 854. The summed E-state index contributed by atoms with van der Waals surface area (Å²) in [6.07, 6.45) is -4.85. The molecule has 4 atom stereocenters. The molecule has 1 aromatic carbocycles. The molecule has 1 aliphatic heterocycles. The van der Waals surface area contributed by atoms with Crippen molar-refractivity contribution in [3.05, 3.63) is 29.8 Å². The van der Waals surface area contributed by atoms with E-state index in [-0.39, 0.29) is 12.4 Å². The van der Waals surface area contributed by atoms with E-state index in [1.165, 1.54) is 31.2 Å². The van der Waals surface area contributed by atoms with Crippen molar-refractivity contribution in [1.82, 2.24) is 5.06 Å². The number of hydrogen-bond acceptors (Lipinski definition) is 12. The Morgan fingerprint density at radius 3 is 2.06 bits per heavy atom. The van der Waals surface area contributed by atoms with Crippen molar-refractivity contribution >= 4 is 30.2 Å². The number of carbonyl (C=O) groups excluding carboxylic acids is 5. The van der Waals surface area contributed by atoms with Gasteiger partial charge in [-0.2, -0.15) is 0 Å². The van der Waals surface area contributed by atoms with Crippen LogP contribution in [0.25, 0.3) is 0 Å².